The molecule has 4 heteroatoms. The van der Waals surface area contributed by atoms with Crippen molar-refractivity contribution in [2.45, 2.75) is 26.4 Å². The van der Waals surface area contributed by atoms with Gasteiger partial charge in [0.2, 0.25) is 0 Å². The van der Waals surface area contributed by atoms with Crippen LogP contribution in [0.3, 0.4) is 0 Å². The Kier molecular flexibility index (Phi) is 6.34. The molecule has 0 bridgehead atoms. The van der Waals surface area contributed by atoms with E-state index in [1.165, 1.54) is 0 Å². The van der Waals surface area contributed by atoms with E-state index >= 15 is 0 Å². The van der Waals surface area contributed by atoms with Crippen LogP contribution < -0.4 is 10.6 Å². The Morgan fingerprint density at radius 2 is 1.78 bits per heavy atom. The van der Waals surface area contributed by atoms with Crippen molar-refractivity contribution in [1.82, 2.24) is 10.6 Å². The summed E-state index contributed by atoms with van der Waals surface area (Å²) in [6.45, 7) is 4.08. The number of rotatable bonds is 7. The Hall–Kier alpha value is -2.64. The Morgan fingerprint density at radius 1 is 1.09 bits per heavy atom. The summed E-state index contributed by atoms with van der Waals surface area (Å²) in [6, 6.07) is 17.3. The standard InChI is InChI=1S/C19H21N3O/c1-2-9-22-19(23)18-8-4-7-17(11-18)14-21-13-16-6-3-5-15(10-16)12-20/h3-8,10-11,21H,2,9,13-14H2,1H3,(H,22,23). The van der Waals surface area contributed by atoms with Crippen LogP contribution in [0.1, 0.15) is 40.4 Å². The summed E-state index contributed by atoms with van der Waals surface area (Å²) in [6.07, 6.45) is 0.925. The van der Waals surface area contributed by atoms with Gasteiger partial charge < -0.3 is 10.6 Å². The van der Waals surface area contributed by atoms with E-state index in [1.54, 1.807) is 6.07 Å². The number of hydrogen-bond donors (Lipinski definition) is 2. The first-order chi connectivity index (χ1) is 11.2. The third kappa shape index (κ3) is 5.24. The third-order valence-corrected chi connectivity index (χ3v) is 3.44. The minimum atomic E-state index is -0.0320. The van der Waals surface area contributed by atoms with Gasteiger partial charge in [0.05, 0.1) is 11.6 Å². The van der Waals surface area contributed by atoms with Gasteiger partial charge in [-0.2, -0.15) is 5.26 Å². The summed E-state index contributed by atoms with van der Waals surface area (Å²) in [5.41, 5.74) is 3.48. The van der Waals surface area contributed by atoms with E-state index in [9.17, 15) is 4.79 Å². The normalized spacial score (nSPS) is 10.1. The van der Waals surface area contributed by atoms with Gasteiger partial charge in [0, 0.05) is 25.2 Å². The van der Waals surface area contributed by atoms with Crippen molar-refractivity contribution >= 4 is 5.91 Å². The lowest BCUT2D eigenvalue weighted by Gasteiger charge is -2.08. The van der Waals surface area contributed by atoms with Crippen molar-refractivity contribution in [3.05, 3.63) is 70.8 Å². The Bertz CT molecular complexity index is 704. The first kappa shape index (κ1) is 16.7. The number of nitrogens with zero attached hydrogens (tertiary/aromatic N) is 1. The van der Waals surface area contributed by atoms with Gasteiger partial charge in [0.15, 0.2) is 0 Å². The summed E-state index contributed by atoms with van der Waals surface area (Å²) >= 11 is 0. The number of benzene rings is 2. The molecule has 2 aromatic rings. The van der Waals surface area contributed by atoms with Crippen LogP contribution in [0.5, 0.6) is 0 Å². The molecule has 0 fully saturated rings. The Labute approximate surface area is 137 Å². The molecule has 1 amide bonds. The predicted octanol–water partition coefficient (Wildman–Crippen LogP) is 2.99. The first-order valence-electron chi connectivity index (χ1n) is 7.80. The second-order valence-electron chi connectivity index (χ2n) is 5.37. The van der Waals surface area contributed by atoms with Gasteiger partial charge in [-0.15, -0.1) is 0 Å². The Morgan fingerprint density at radius 3 is 2.48 bits per heavy atom. The van der Waals surface area contributed by atoms with Crippen LogP contribution in [0.25, 0.3) is 0 Å². The second-order valence-corrected chi connectivity index (χ2v) is 5.37. The fourth-order valence-electron chi connectivity index (χ4n) is 2.27. The van der Waals surface area contributed by atoms with Crippen molar-refractivity contribution in [3.8, 4) is 6.07 Å². The number of nitriles is 1. The minimum Gasteiger partial charge on any atom is -0.352 e. The fraction of sp³-hybridized carbons (Fsp3) is 0.263. The molecular weight excluding hydrogens is 286 g/mol. The molecule has 2 rings (SSSR count). The highest BCUT2D eigenvalue weighted by Gasteiger charge is 2.05. The zero-order chi connectivity index (χ0) is 16.5. The zero-order valence-corrected chi connectivity index (χ0v) is 13.3. The molecule has 0 aliphatic carbocycles. The fourth-order valence-corrected chi connectivity index (χ4v) is 2.27. The Balaban J connectivity index is 1.90. The first-order valence-corrected chi connectivity index (χ1v) is 7.80. The second kappa shape index (κ2) is 8.72. The van der Waals surface area contributed by atoms with Gasteiger partial charge in [0.1, 0.15) is 0 Å². The maximum absolute atomic E-state index is 12.0. The number of hydrogen-bond acceptors (Lipinski definition) is 3. The molecule has 23 heavy (non-hydrogen) atoms. The van der Waals surface area contributed by atoms with Crippen LogP contribution in [-0.2, 0) is 13.1 Å². The summed E-state index contributed by atoms with van der Waals surface area (Å²) in [4.78, 5) is 12.0. The van der Waals surface area contributed by atoms with Crippen LogP contribution in [-0.4, -0.2) is 12.5 Å². The van der Waals surface area contributed by atoms with E-state index in [0.29, 0.717) is 30.8 Å². The molecule has 0 aliphatic heterocycles. The molecule has 2 N–H and O–H groups in total. The lowest BCUT2D eigenvalue weighted by Crippen LogP contribution is -2.24. The SMILES string of the molecule is CCCNC(=O)c1cccc(CNCc2cccc(C#N)c2)c1. The highest BCUT2D eigenvalue weighted by atomic mass is 16.1. The van der Waals surface area contributed by atoms with E-state index in [2.05, 4.69) is 16.7 Å². The lowest BCUT2D eigenvalue weighted by molar-refractivity contribution is 0.0953. The van der Waals surface area contributed by atoms with Gasteiger partial charge in [-0.05, 0) is 41.8 Å². The summed E-state index contributed by atoms with van der Waals surface area (Å²) < 4.78 is 0. The highest BCUT2D eigenvalue weighted by Crippen LogP contribution is 2.07. The summed E-state index contributed by atoms with van der Waals surface area (Å²) in [7, 11) is 0. The smallest absolute Gasteiger partial charge is 0.251 e. The molecule has 0 aromatic heterocycles. The average molecular weight is 307 g/mol. The van der Waals surface area contributed by atoms with Crippen molar-refractivity contribution in [1.29, 1.82) is 5.26 Å². The lowest BCUT2D eigenvalue weighted by atomic mass is 10.1. The van der Waals surface area contributed by atoms with Gasteiger partial charge in [0.25, 0.3) is 5.91 Å². The molecule has 0 radical (unpaired) electrons. The minimum absolute atomic E-state index is 0.0320. The van der Waals surface area contributed by atoms with Crippen LogP contribution in [0, 0.1) is 11.3 Å². The number of carbonyl (C=O) groups excluding carboxylic acids is 1. The van der Waals surface area contributed by atoms with Crippen molar-refractivity contribution in [2.75, 3.05) is 6.54 Å². The maximum Gasteiger partial charge on any atom is 0.251 e. The molecule has 4 nitrogen and oxygen atoms in total. The summed E-state index contributed by atoms with van der Waals surface area (Å²) in [5, 5.41) is 15.1. The molecule has 0 spiro atoms. The van der Waals surface area contributed by atoms with Gasteiger partial charge in [-0.1, -0.05) is 31.2 Å². The number of carbonyl (C=O) groups is 1. The summed E-state index contributed by atoms with van der Waals surface area (Å²) in [5.74, 6) is -0.0320. The van der Waals surface area contributed by atoms with E-state index in [-0.39, 0.29) is 5.91 Å². The van der Waals surface area contributed by atoms with E-state index in [4.69, 9.17) is 5.26 Å². The molecule has 0 saturated carbocycles. The highest BCUT2D eigenvalue weighted by molar-refractivity contribution is 5.94. The van der Waals surface area contributed by atoms with Crippen molar-refractivity contribution < 1.29 is 4.79 Å². The van der Waals surface area contributed by atoms with Crippen LogP contribution in [0.15, 0.2) is 48.5 Å². The monoisotopic (exact) mass is 307 g/mol. The molecule has 0 heterocycles. The average Bonchev–Trinajstić information content (AvgIpc) is 2.60. The van der Waals surface area contributed by atoms with E-state index < -0.39 is 0 Å². The maximum atomic E-state index is 12.0. The van der Waals surface area contributed by atoms with Gasteiger partial charge >= 0.3 is 0 Å². The van der Waals surface area contributed by atoms with E-state index in [1.807, 2.05) is 49.4 Å². The topological polar surface area (TPSA) is 64.9 Å². The van der Waals surface area contributed by atoms with Gasteiger partial charge in [-0.3, -0.25) is 4.79 Å². The molecule has 0 saturated heterocycles. The number of amides is 1. The van der Waals surface area contributed by atoms with Crippen molar-refractivity contribution in [3.63, 3.8) is 0 Å². The largest absolute Gasteiger partial charge is 0.352 e. The number of nitrogens with one attached hydrogen (secondary N) is 2. The molecule has 0 aliphatic rings. The molecule has 2 aromatic carbocycles. The van der Waals surface area contributed by atoms with Crippen LogP contribution in [0.2, 0.25) is 0 Å². The molecule has 118 valence electrons. The molecule has 0 atom stereocenters. The quantitative estimate of drug-likeness (QED) is 0.826. The van der Waals surface area contributed by atoms with E-state index in [0.717, 1.165) is 17.5 Å². The molecule has 0 unspecified atom stereocenters. The molecular formula is C19H21N3O. The predicted molar refractivity (Wildman–Crippen MR) is 90.8 cm³/mol. The zero-order valence-electron chi connectivity index (χ0n) is 13.3. The van der Waals surface area contributed by atoms with Crippen LogP contribution in [0.4, 0.5) is 0 Å². The van der Waals surface area contributed by atoms with Gasteiger partial charge in [-0.25, -0.2) is 0 Å². The van der Waals surface area contributed by atoms with Crippen LogP contribution >= 0.6 is 0 Å². The van der Waals surface area contributed by atoms with Crippen molar-refractivity contribution in [2.24, 2.45) is 0 Å². The third-order valence-electron chi connectivity index (χ3n) is 3.44.